The first-order valence-corrected chi connectivity index (χ1v) is 9.33. The highest BCUT2D eigenvalue weighted by Gasteiger charge is 2.14. The summed E-state index contributed by atoms with van der Waals surface area (Å²) in [6.07, 6.45) is 9.11. The van der Waals surface area contributed by atoms with E-state index in [4.69, 9.17) is 4.74 Å². The van der Waals surface area contributed by atoms with Crippen LogP contribution in [0.15, 0.2) is 36.7 Å². The SMILES string of the molecule is CCOC(=O)c1ccc(NC(=O)c2cnc(NC3CCCCC3)cn2)cc1. The lowest BCUT2D eigenvalue weighted by molar-refractivity contribution is 0.0526. The van der Waals surface area contributed by atoms with Crippen molar-refractivity contribution in [1.29, 1.82) is 0 Å². The maximum atomic E-state index is 12.3. The molecule has 7 heteroatoms. The van der Waals surface area contributed by atoms with Gasteiger partial charge in [0.1, 0.15) is 11.5 Å². The lowest BCUT2D eigenvalue weighted by atomic mass is 9.96. The van der Waals surface area contributed by atoms with Gasteiger partial charge in [-0.2, -0.15) is 0 Å². The minimum Gasteiger partial charge on any atom is -0.462 e. The highest BCUT2D eigenvalue weighted by atomic mass is 16.5. The molecular weight excluding hydrogens is 344 g/mol. The summed E-state index contributed by atoms with van der Waals surface area (Å²) in [4.78, 5) is 32.4. The number of carbonyl (C=O) groups excluding carboxylic acids is 2. The van der Waals surface area contributed by atoms with Crippen LogP contribution in [0.25, 0.3) is 0 Å². The molecule has 0 aliphatic heterocycles. The Kier molecular flexibility index (Phi) is 6.35. The molecule has 0 unspecified atom stereocenters. The van der Waals surface area contributed by atoms with Gasteiger partial charge in [-0.15, -0.1) is 0 Å². The van der Waals surface area contributed by atoms with E-state index in [1.54, 1.807) is 37.4 Å². The number of amides is 1. The standard InChI is InChI=1S/C20H24N4O3/c1-2-27-20(26)14-8-10-16(11-9-14)24-19(25)17-12-22-18(13-21-17)23-15-6-4-3-5-7-15/h8-13,15H,2-7H2,1H3,(H,22,23)(H,24,25). The van der Waals surface area contributed by atoms with Crippen molar-refractivity contribution < 1.29 is 14.3 Å². The molecule has 1 heterocycles. The van der Waals surface area contributed by atoms with Crippen molar-refractivity contribution in [3.8, 4) is 0 Å². The summed E-state index contributed by atoms with van der Waals surface area (Å²) in [5, 5.41) is 6.12. The Balaban J connectivity index is 1.56. The van der Waals surface area contributed by atoms with E-state index in [1.807, 2.05) is 0 Å². The summed E-state index contributed by atoms with van der Waals surface area (Å²) in [5.74, 6) is -0.0462. The second-order valence-corrected chi connectivity index (χ2v) is 6.52. The van der Waals surface area contributed by atoms with Crippen molar-refractivity contribution in [3.63, 3.8) is 0 Å². The first-order valence-electron chi connectivity index (χ1n) is 9.33. The van der Waals surface area contributed by atoms with Crippen LogP contribution in [0, 0.1) is 0 Å². The van der Waals surface area contributed by atoms with E-state index >= 15 is 0 Å². The zero-order chi connectivity index (χ0) is 19.1. The predicted octanol–water partition coefficient (Wildman–Crippen LogP) is 3.65. The minimum absolute atomic E-state index is 0.235. The average molecular weight is 368 g/mol. The third kappa shape index (κ3) is 5.26. The molecule has 142 valence electrons. The fourth-order valence-electron chi connectivity index (χ4n) is 3.08. The molecule has 1 aliphatic rings. The molecule has 1 amide bonds. The summed E-state index contributed by atoms with van der Waals surface area (Å²) in [6, 6.07) is 6.95. The Morgan fingerprint density at radius 2 is 1.81 bits per heavy atom. The number of benzene rings is 1. The van der Waals surface area contributed by atoms with Crippen molar-refractivity contribution in [3.05, 3.63) is 47.9 Å². The quantitative estimate of drug-likeness (QED) is 0.756. The van der Waals surface area contributed by atoms with Crippen LogP contribution >= 0.6 is 0 Å². The maximum absolute atomic E-state index is 12.3. The lowest BCUT2D eigenvalue weighted by Crippen LogP contribution is -2.23. The van der Waals surface area contributed by atoms with E-state index in [-0.39, 0.29) is 17.6 Å². The topological polar surface area (TPSA) is 93.2 Å². The smallest absolute Gasteiger partial charge is 0.338 e. The number of anilines is 2. The fraction of sp³-hybridized carbons (Fsp3) is 0.400. The second kappa shape index (κ2) is 9.12. The Labute approximate surface area is 158 Å². The van der Waals surface area contributed by atoms with Crippen LogP contribution in [0.2, 0.25) is 0 Å². The third-order valence-electron chi connectivity index (χ3n) is 4.50. The summed E-state index contributed by atoms with van der Waals surface area (Å²) in [6.45, 7) is 2.07. The van der Waals surface area contributed by atoms with Gasteiger partial charge in [0, 0.05) is 11.7 Å². The molecule has 2 aromatic rings. The van der Waals surface area contributed by atoms with Crippen molar-refractivity contribution in [1.82, 2.24) is 9.97 Å². The highest BCUT2D eigenvalue weighted by molar-refractivity contribution is 6.03. The number of aromatic nitrogens is 2. The lowest BCUT2D eigenvalue weighted by Gasteiger charge is -2.23. The molecule has 1 saturated carbocycles. The van der Waals surface area contributed by atoms with Crippen LogP contribution in [0.3, 0.4) is 0 Å². The monoisotopic (exact) mass is 368 g/mol. The van der Waals surface area contributed by atoms with Gasteiger partial charge in [0.05, 0.1) is 24.6 Å². The molecule has 3 rings (SSSR count). The summed E-state index contributed by atoms with van der Waals surface area (Å²) in [5.41, 5.74) is 1.24. The van der Waals surface area contributed by atoms with Crippen LogP contribution in [0.1, 0.15) is 59.9 Å². The summed E-state index contributed by atoms with van der Waals surface area (Å²) < 4.78 is 4.93. The van der Waals surface area contributed by atoms with Gasteiger partial charge in [0.25, 0.3) is 5.91 Å². The van der Waals surface area contributed by atoms with Gasteiger partial charge in [-0.1, -0.05) is 19.3 Å². The Morgan fingerprint density at radius 1 is 1.07 bits per heavy atom. The Hall–Kier alpha value is -2.96. The van der Waals surface area contributed by atoms with Gasteiger partial charge in [-0.05, 0) is 44.0 Å². The minimum atomic E-state index is -0.387. The van der Waals surface area contributed by atoms with E-state index in [0.29, 0.717) is 29.7 Å². The molecule has 0 radical (unpaired) electrons. The van der Waals surface area contributed by atoms with Gasteiger partial charge >= 0.3 is 5.97 Å². The van der Waals surface area contributed by atoms with Crippen LogP contribution in [-0.2, 0) is 4.74 Å². The second-order valence-electron chi connectivity index (χ2n) is 6.52. The molecule has 1 aliphatic carbocycles. The number of carbonyl (C=O) groups is 2. The number of nitrogens with zero attached hydrogens (tertiary/aromatic N) is 2. The van der Waals surface area contributed by atoms with E-state index in [1.165, 1.54) is 25.5 Å². The van der Waals surface area contributed by atoms with Gasteiger partial charge in [-0.25, -0.2) is 14.8 Å². The van der Waals surface area contributed by atoms with Crippen molar-refractivity contribution in [2.75, 3.05) is 17.2 Å². The van der Waals surface area contributed by atoms with E-state index in [2.05, 4.69) is 20.6 Å². The Morgan fingerprint density at radius 3 is 2.44 bits per heavy atom. The van der Waals surface area contributed by atoms with Crippen molar-refractivity contribution >= 4 is 23.4 Å². The molecule has 27 heavy (non-hydrogen) atoms. The fourth-order valence-corrected chi connectivity index (χ4v) is 3.08. The Bertz CT molecular complexity index is 769. The third-order valence-corrected chi connectivity index (χ3v) is 4.50. The van der Waals surface area contributed by atoms with Gasteiger partial charge < -0.3 is 15.4 Å². The molecule has 1 aromatic heterocycles. The number of rotatable bonds is 6. The van der Waals surface area contributed by atoms with Gasteiger partial charge in [0.2, 0.25) is 0 Å². The molecule has 0 saturated heterocycles. The number of hydrogen-bond donors (Lipinski definition) is 2. The largest absolute Gasteiger partial charge is 0.462 e. The molecule has 0 bridgehead atoms. The summed E-state index contributed by atoms with van der Waals surface area (Å²) >= 11 is 0. The van der Waals surface area contributed by atoms with Crippen LogP contribution in [0.5, 0.6) is 0 Å². The molecule has 7 nitrogen and oxygen atoms in total. The zero-order valence-corrected chi connectivity index (χ0v) is 15.4. The normalized spacial score (nSPS) is 14.4. The molecule has 2 N–H and O–H groups in total. The number of nitrogens with one attached hydrogen (secondary N) is 2. The van der Waals surface area contributed by atoms with E-state index < -0.39 is 0 Å². The van der Waals surface area contributed by atoms with Crippen molar-refractivity contribution in [2.45, 2.75) is 45.1 Å². The van der Waals surface area contributed by atoms with E-state index in [0.717, 1.165) is 12.8 Å². The van der Waals surface area contributed by atoms with E-state index in [9.17, 15) is 9.59 Å². The maximum Gasteiger partial charge on any atom is 0.338 e. The first-order chi connectivity index (χ1) is 13.2. The zero-order valence-electron chi connectivity index (χ0n) is 15.4. The molecule has 0 atom stereocenters. The van der Waals surface area contributed by atoms with Crippen LogP contribution < -0.4 is 10.6 Å². The van der Waals surface area contributed by atoms with Crippen molar-refractivity contribution in [2.24, 2.45) is 0 Å². The van der Waals surface area contributed by atoms with Crippen LogP contribution in [-0.4, -0.2) is 34.5 Å². The molecular formula is C20H24N4O3. The first kappa shape index (κ1) is 18.8. The number of ether oxygens (including phenoxy) is 1. The molecule has 0 spiro atoms. The van der Waals surface area contributed by atoms with Gasteiger partial charge in [-0.3, -0.25) is 4.79 Å². The van der Waals surface area contributed by atoms with Crippen LogP contribution in [0.4, 0.5) is 11.5 Å². The molecule has 1 aromatic carbocycles. The van der Waals surface area contributed by atoms with Gasteiger partial charge in [0.15, 0.2) is 0 Å². The number of hydrogen-bond acceptors (Lipinski definition) is 6. The summed E-state index contributed by atoms with van der Waals surface area (Å²) in [7, 11) is 0. The average Bonchev–Trinajstić information content (AvgIpc) is 2.70. The highest BCUT2D eigenvalue weighted by Crippen LogP contribution is 2.20. The molecule has 1 fully saturated rings. The predicted molar refractivity (Wildman–Crippen MR) is 103 cm³/mol. The number of esters is 1.